The number of anilines is 1. The van der Waals surface area contributed by atoms with E-state index in [0.29, 0.717) is 24.1 Å². The standard InChI is InChI=1S/C28H33N5OS/c1-19-18-23(20(2)33(19)22-12-6-7-13-22)27-26(24-14-8-9-16-29-24)31-28(35)32(27)17-15-25(34)30-21-10-4-3-5-11-21/h3-5,8-11,14,16,18,22,26-27H,6-7,12-13,15,17H2,1-2H3,(H,30,34)(H,31,35). The van der Waals surface area contributed by atoms with Crippen molar-refractivity contribution >= 4 is 28.9 Å². The number of rotatable bonds is 7. The Morgan fingerprint density at radius 3 is 2.57 bits per heavy atom. The number of thiocarbonyl (C=S) groups is 1. The van der Waals surface area contributed by atoms with E-state index in [1.807, 2.05) is 48.7 Å². The molecular formula is C28H33N5OS. The minimum Gasteiger partial charge on any atom is -0.352 e. The van der Waals surface area contributed by atoms with E-state index in [0.717, 1.165) is 11.4 Å². The first-order valence-corrected chi connectivity index (χ1v) is 12.9. The second-order valence-corrected chi connectivity index (χ2v) is 10.0. The van der Waals surface area contributed by atoms with Crippen LogP contribution in [0.15, 0.2) is 60.8 Å². The summed E-state index contributed by atoms with van der Waals surface area (Å²) in [5, 5.41) is 7.19. The number of amides is 1. The van der Waals surface area contributed by atoms with E-state index in [2.05, 4.69) is 51.1 Å². The van der Waals surface area contributed by atoms with E-state index in [-0.39, 0.29) is 18.0 Å². The maximum atomic E-state index is 12.8. The highest BCUT2D eigenvalue weighted by Gasteiger charge is 2.41. The van der Waals surface area contributed by atoms with Crippen molar-refractivity contribution in [3.63, 3.8) is 0 Å². The third kappa shape index (κ3) is 4.82. The van der Waals surface area contributed by atoms with Gasteiger partial charge in [0.25, 0.3) is 0 Å². The number of carbonyl (C=O) groups is 1. The lowest BCUT2D eigenvalue weighted by Gasteiger charge is -2.28. The SMILES string of the molecule is Cc1cc(C2C(c3ccccn3)NC(=S)N2CCC(=O)Nc2ccccc2)c(C)n1C1CCCC1. The molecule has 2 unspecified atom stereocenters. The van der Waals surface area contributed by atoms with Crippen molar-refractivity contribution in [2.24, 2.45) is 0 Å². The molecule has 3 aromatic rings. The zero-order valence-electron chi connectivity index (χ0n) is 20.4. The summed E-state index contributed by atoms with van der Waals surface area (Å²) in [4.78, 5) is 19.6. The summed E-state index contributed by atoms with van der Waals surface area (Å²) in [5.41, 5.74) is 5.62. The summed E-state index contributed by atoms with van der Waals surface area (Å²) in [7, 11) is 0. The van der Waals surface area contributed by atoms with Gasteiger partial charge in [-0.2, -0.15) is 0 Å². The molecule has 2 aromatic heterocycles. The van der Waals surface area contributed by atoms with Gasteiger partial charge < -0.3 is 20.1 Å². The van der Waals surface area contributed by atoms with Gasteiger partial charge in [0.1, 0.15) is 0 Å². The summed E-state index contributed by atoms with van der Waals surface area (Å²) < 4.78 is 2.53. The number of hydrogen-bond donors (Lipinski definition) is 2. The van der Waals surface area contributed by atoms with E-state index in [9.17, 15) is 4.79 Å². The first-order chi connectivity index (χ1) is 17.0. The molecule has 2 atom stereocenters. The molecule has 2 aliphatic rings. The second-order valence-electron chi connectivity index (χ2n) is 9.62. The maximum Gasteiger partial charge on any atom is 0.226 e. The third-order valence-electron chi connectivity index (χ3n) is 7.37. The van der Waals surface area contributed by atoms with Crippen molar-refractivity contribution in [1.29, 1.82) is 0 Å². The fraction of sp³-hybridized carbons (Fsp3) is 0.393. The van der Waals surface area contributed by atoms with Gasteiger partial charge in [-0.1, -0.05) is 37.1 Å². The van der Waals surface area contributed by atoms with Crippen LogP contribution in [0.5, 0.6) is 0 Å². The smallest absolute Gasteiger partial charge is 0.226 e. The Kier molecular flexibility index (Phi) is 6.86. The quantitative estimate of drug-likeness (QED) is 0.424. The van der Waals surface area contributed by atoms with E-state index in [4.69, 9.17) is 12.2 Å². The Balaban J connectivity index is 1.44. The van der Waals surface area contributed by atoms with Gasteiger partial charge in [0.05, 0.1) is 17.8 Å². The van der Waals surface area contributed by atoms with Gasteiger partial charge in [0, 0.05) is 42.3 Å². The third-order valence-corrected chi connectivity index (χ3v) is 7.72. The molecule has 3 heterocycles. The molecule has 182 valence electrons. The van der Waals surface area contributed by atoms with Crippen LogP contribution in [-0.2, 0) is 4.79 Å². The van der Waals surface area contributed by atoms with Crippen LogP contribution in [-0.4, -0.2) is 32.0 Å². The predicted molar refractivity (Wildman–Crippen MR) is 143 cm³/mol. The van der Waals surface area contributed by atoms with Gasteiger partial charge in [-0.15, -0.1) is 0 Å². The van der Waals surface area contributed by atoms with E-state index < -0.39 is 0 Å². The predicted octanol–water partition coefficient (Wildman–Crippen LogP) is 5.62. The van der Waals surface area contributed by atoms with E-state index in [1.165, 1.54) is 42.6 Å². The Labute approximate surface area is 212 Å². The van der Waals surface area contributed by atoms with Gasteiger partial charge in [-0.05, 0) is 74.8 Å². The van der Waals surface area contributed by atoms with Crippen molar-refractivity contribution in [2.45, 2.75) is 64.1 Å². The number of carbonyl (C=O) groups excluding carboxylic acids is 1. The monoisotopic (exact) mass is 487 g/mol. The Bertz CT molecular complexity index is 1190. The molecule has 35 heavy (non-hydrogen) atoms. The van der Waals surface area contributed by atoms with E-state index in [1.54, 1.807) is 0 Å². The fourth-order valence-electron chi connectivity index (χ4n) is 5.78. The molecule has 5 rings (SSSR count). The number of benzene rings is 1. The Morgan fingerprint density at radius 2 is 1.86 bits per heavy atom. The molecule has 1 aliphatic heterocycles. The highest BCUT2D eigenvalue weighted by atomic mass is 32.1. The van der Waals surface area contributed by atoms with Gasteiger partial charge in [0.2, 0.25) is 5.91 Å². The molecule has 1 aromatic carbocycles. The molecule has 1 amide bonds. The van der Waals surface area contributed by atoms with Crippen LogP contribution in [0.3, 0.4) is 0 Å². The lowest BCUT2D eigenvalue weighted by Crippen LogP contribution is -2.33. The molecule has 0 bridgehead atoms. The molecule has 0 radical (unpaired) electrons. The van der Waals surface area contributed by atoms with Crippen molar-refractivity contribution in [2.75, 3.05) is 11.9 Å². The van der Waals surface area contributed by atoms with Gasteiger partial charge >= 0.3 is 0 Å². The Morgan fingerprint density at radius 1 is 1.11 bits per heavy atom. The molecular weight excluding hydrogens is 454 g/mol. The van der Waals surface area contributed by atoms with Crippen LogP contribution in [0.4, 0.5) is 5.69 Å². The summed E-state index contributed by atoms with van der Waals surface area (Å²) in [6, 6.07) is 18.4. The zero-order chi connectivity index (χ0) is 24.4. The normalized spacial score (nSPS) is 20.3. The molecule has 1 saturated carbocycles. The number of aryl methyl sites for hydroxylation is 1. The molecule has 1 aliphatic carbocycles. The molecule has 7 heteroatoms. The van der Waals surface area contributed by atoms with E-state index >= 15 is 0 Å². The number of aromatic nitrogens is 2. The first-order valence-electron chi connectivity index (χ1n) is 12.5. The van der Waals surface area contributed by atoms with Gasteiger partial charge in [0.15, 0.2) is 5.11 Å². The molecule has 2 N–H and O–H groups in total. The highest BCUT2D eigenvalue weighted by Crippen LogP contribution is 2.43. The average Bonchev–Trinajstić information content (AvgIpc) is 3.57. The largest absolute Gasteiger partial charge is 0.352 e. The topological polar surface area (TPSA) is 62.2 Å². The van der Waals surface area contributed by atoms with Crippen LogP contribution in [0.25, 0.3) is 0 Å². The maximum absolute atomic E-state index is 12.8. The van der Waals surface area contributed by atoms with Crippen molar-refractivity contribution in [1.82, 2.24) is 19.8 Å². The second kappa shape index (κ2) is 10.2. The number of para-hydroxylation sites is 1. The average molecular weight is 488 g/mol. The number of nitrogens with one attached hydrogen (secondary N) is 2. The molecule has 0 spiro atoms. The van der Waals surface area contributed by atoms with Crippen molar-refractivity contribution < 1.29 is 4.79 Å². The van der Waals surface area contributed by atoms with Crippen LogP contribution >= 0.6 is 12.2 Å². The van der Waals surface area contributed by atoms with Crippen LogP contribution in [0.2, 0.25) is 0 Å². The molecule has 6 nitrogen and oxygen atoms in total. The molecule has 2 fully saturated rings. The van der Waals surface area contributed by atoms with Crippen LogP contribution in [0.1, 0.15) is 72.9 Å². The lowest BCUT2D eigenvalue weighted by molar-refractivity contribution is -0.116. The summed E-state index contributed by atoms with van der Waals surface area (Å²) in [6.07, 6.45) is 7.25. The van der Waals surface area contributed by atoms with Crippen LogP contribution < -0.4 is 10.6 Å². The summed E-state index contributed by atoms with van der Waals surface area (Å²) >= 11 is 5.81. The fourth-order valence-corrected chi connectivity index (χ4v) is 6.11. The number of pyridine rings is 1. The number of hydrogen-bond acceptors (Lipinski definition) is 3. The van der Waals surface area contributed by atoms with Crippen LogP contribution in [0, 0.1) is 13.8 Å². The first kappa shape index (κ1) is 23.5. The minimum absolute atomic E-state index is 0.0181. The zero-order valence-corrected chi connectivity index (χ0v) is 21.2. The molecule has 1 saturated heterocycles. The summed E-state index contributed by atoms with van der Waals surface area (Å²) in [5.74, 6) is -0.0181. The Hall–Kier alpha value is -3.19. The highest BCUT2D eigenvalue weighted by molar-refractivity contribution is 7.80. The lowest BCUT2D eigenvalue weighted by atomic mass is 9.96. The van der Waals surface area contributed by atoms with Gasteiger partial charge in [-0.3, -0.25) is 9.78 Å². The minimum atomic E-state index is -0.0709. The summed E-state index contributed by atoms with van der Waals surface area (Å²) in [6.45, 7) is 4.98. The van der Waals surface area contributed by atoms with Crippen molar-refractivity contribution in [3.8, 4) is 0 Å². The number of nitrogens with zero attached hydrogens (tertiary/aromatic N) is 3. The van der Waals surface area contributed by atoms with Crippen molar-refractivity contribution in [3.05, 3.63) is 83.4 Å². The van der Waals surface area contributed by atoms with Gasteiger partial charge in [-0.25, -0.2) is 0 Å².